The van der Waals surface area contributed by atoms with E-state index in [0.29, 0.717) is 22.1 Å². The third kappa shape index (κ3) is 2.80. The first kappa shape index (κ1) is 14.1. The largest absolute Gasteiger partial charge is 0.396 e. The van der Waals surface area contributed by atoms with Crippen molar-refractivity contribution in [3.8, 4) is 0 Å². The highest BCUT2D eigenvalue weighted by Crippen LogP contribution is 2.33. The molecule has 0 atom stereocenters. The third-order valence-corrected chi connectivity index (χ3v) is 3.78. The number of anilines is 3. The normalized spacial score (nSPS) is 10.8. The standard InChI is InChI=1S/C15H10BrClFN3/c16-8-1-3-13-10(5-8)15(12(19)7-20-13)21-14-4-2-9(17)6-11(14)18/h1-7H,19H2,(H,20,21). The van der Waals surface area contributed by atoms with Crippen LogP contribution in [0.1, 0.15) is 0 Å². The van der Waals surface area contributed by atoms with Gasteiger partial charge in [0.2, 0.25) is 0 Å². The van der Waals surface area contributed by atoms with Crippen LogP contribution in [0.2, 0.25) is 5.02 Å². The van der Waals surface area contributed by atoms with Crippen molar-refractivity contribution in [2.45, 2.75) is 0 Å². The highest BCUT2D eigenvalue weighted by molar-refractivity contribution is 9.10. The molecular formula is C15H10BrClFN3. The van der Waals surface area contributed by atoms with E-state index in [4.69, 9.17) is 17.3 Å². The fourth-order valence-corrected chi connectivity index (χ4v) is 2.57. The van der Waals surface area contributed by atoms with Crippen molar-refractivity contribution in [1.82, 2.24) is 4.98 Å². The molecule has 0 spiro atoms. The fourth-order valence-electron chi connectivity index (χ4n) is 2.05. The average molecular weight is 367 g/mol. The lowest BCUT2D eigenvalue weighted by atomic mass is 10.1. The number of nitrogens with zero attached hydrogens (tertiary/aromatic N) is 1. The molecule has 3 aromatic rings. The van der Waals surface area contributed by atoms with Crippen molar-refractivity contribution >= 4 is 55.5 Å². The van der Waals surface area contributed by atoms with Crippen molar-refractivity contribution in [2.75, 3.05) is 11.1 Å². The van der Waals surface area contributed by atoms with E-state index in [-0.39, 0.29) is 0 Å². The Hall–Kier alpha value is -1.85. The molecule has 0 amide bonds. The highest BCUT2D eigenvalue weighted by Gasteiger charge is 2.10. The zero-order chi connectivity index (χ0) is 15.0. The Bertz CT molecular complexity index is 833. The van der Waals surface area contributed by atoms with E-state index < -0.39 is 5.82 Å². The van der Waals surface area contributed by atoms with Gasteiger partial charge in [-0.05, 0) is 36.4 Å². The van der Waals surface area contributed by atoms with Gasteiger partial charge in [0.1, 0.15) is 5.82 Å². The number of nitrogen functional groups attached to an aromatic ring is 1. The second-order valence-corrected chi connectivity index (χ2v) is 5.85. The number of hydrogen-bond donors (Lipinski definition) is 2. The zero-order valence-electron chi connectivity index (χ0n) is 10.7. The zero-order valence-corrected chi connectivity index (χ0v) is 13.0. The number of hydrogen-bond acceptors (Lipinski definition) is 3. The summed E-state index contributed by atoms with van der Waals surface area (Å²) < 4.78 is 14.8. The molecule has 3 N–H and O–H groups in total. The lowest BCUT2D eigenvalue weighted by Crippen LogP contribution is -2.00. The topological polar surface area (TPSA) is 50.9 Å². The molecule has 0 unspecified atom stereocenters. The minimum absolute atomic E-state index is 0.304. The number of benzene rings is 2. The van der Waals surface area contributed by atoms with Crippen LogP contribution in [0.25, 0.3) is 10.9 Å². The average Bonchev–Trinajstić information content (AvgIpc) is 2.44. The molecule has 106 valence electrons. The van der Waals surface area contributed by atoms with Crippen molar-refractivity contribution in [1.29, 1.82) is 0 Å². The monoisotopic (exact) mass is 365 g/mol. The molecule has 0 saturated heterocycles. The van der Waals surface area contributed by atoms with Gasteiger partial charge in [-0.2, -0.15) is 0 Å². The molecule has 0 bridgehead atoms. The van der Waals surface area contributed by atoms with Gasteiger partial charge in [-0.15, -0.1) is 0 Å². The number of rotatable bonds is 2. The van der Waals surface area contributed by atoms with Gasteiger partial charge in [-0.1, -0.05) is 27.5 Å². The van der Waals surface area contributed by atoms with E-state index in [1.807, 2.05) is 18.2 Å². The molecule has 6 heteroatoms. The molecule has 21 heavy (non-hydrogen) atoms. The van der Waals surface area contributed by atoms with Gasteiger partial charge in [0.25, 0.3) is 0 Å². The Morgan fingerprint density at radius 3 is 2.76 bits per heavy atom. The van der Waals surface area contributed by atoms with Crippen molar-refractivity contribution < 1.29 is 4.39 Å². The van der Waals surface area contributed by atoms with Crippen LogP contribution in [-0.2, 0) is 0 Å². The third-order valence-electron chi connectivity index (χ3n) is 3.05. The predicted molar refractivity (Wildman–Crippen MR) is 88.5 cm³/mol. The van der Waals surface area contributed by atoms with Crippen LogP contribution >= 0.6 is 27.5 Å². The maximum atomic E-state index is 13.9. The van der Waals surface area contributed by atoms with Crippen molar-refractivity contribution in [2.24, 2.45) is 0 Å². The molecule has 2 aromatic carbocycles. The smallest absolute Gasteiger partial charge is 0.148 e. The summed E-state index contributed by atoms with van der Waals surface area (Å²) >= 11 is 9.17. The van der Waals surface area contributed by atoms with Gasteiger partial charge in [0.05, 0.1) is 28.8 Å². The van der Waals surface area contributed by atoms with Crippen LogP contribution in [0, 0.1) is 5.82 Å². The Morgan fingerprint density at radius 2 is 2.00 bits per heavy atom. The van der Waals surface area contributed by atoms with Gasteiger partial charge in [-0.3, -0.25) is 4.98 Å². The quantitative estimate of drug-likeness (QED) is 0.662. The van der Waals surface area contributed by atoms with Crippen LogP contribution in [0.4, 0.5) is 21.5 Å². The van der Waals surface area contributed by atoms with Gasteiger partial charge in [0, 0.05) is 14.9 Å². The summed E-state index contributed by atoms with van der Waals surface area (Å²) in [5.74, 6) is -0.443. The van der Waals surface area contributed by atoms with E-state index in [1.165, 1.54) is 6.07 Å². The molecule has 0 fully saturated rings. The summed E-state index contributed by atoms with van der Waals surface area (Å²) in [5, 5.41) is 4.16. The first-order valence-corrected chi connectivity index (χ1v) is 7.27. The molecule has 3 nitrogen and oxygen atoms in total. The van der Waals surface area contributed by atoms with Gasteiger partial charge in [-0.25, -0.2) is 4.39 Å². The van der Waals surface area contributed by atoms with E-state index in [1.54, 1.807) is 18.3 Å². The number of fused-ring (bicyclic) bond motifs is 1. The van der Waals surface area contributed by atoms with E-state index >= 15 is 0 Å². The number of nitrogens with two attached hydrogens (primary N) is 1. The van der Waals surface area contributed by atoms with Crippen LogP contribution in [-0.4, -0.2) is 4.98 Å². The second-order valence-electron chi connectivity index (χ2n) is 4.50. The summed E-state index contributed by atoms with van der Waals surface area (Å²) in [6.07, 6.45) is 1.55. The molecule has 0 saturated carbocycles. The number of nitrogens with one attached hydrogen (secondary N) is 1. The molecule has 3 rings (SSSR count). The molecule has 0 radical (unpaired) electrons. The summed E-state index contributed by atoms with van der Waals surface area (Å²) in [4.78, 5) is 4.26. The molecule has 1 aromatic heterocycles. The molecule has 0 aliphatic rings. The summed E-state index contributed by atoms with van der Waals surface area (Å²) in [6.45, 7) is 0. The first-order chi connectivity index (χ1) is 10.0. The first-order valence-electron chi connectivity index (χ1n) is 6.10. The van der Waals surface area contributed by atoms with Gasteiger partial charge >= 0.3 is 0 Å². The molecule has 1 heterocycles. The van der Waals surface area contributed by atoms with E-state index in [0.717, 1.165) is 15.4 Å². The van der Waals surface area contributed by atoms with Crippen LogP contribution in [0.5, 0.6) is 0 Å². The van der Waals surface area contributed by atoms with Crippen molar-refractivity contribution in [3.05, 3.63) is 57.9 Å². The molecular weight excluding hydrogens is 357 g/mol. The minimum Gasteiger partial charge on any atom is -0.396 e. The number of pyridine rings is 1. The highest BCUT2D eigenvalue weighted by atomic mass is 79.9. The number of halogens is 3. The maximum absolute atomic E-state index is 13.9. The van der Waals surface area contributed by atoms with Crippen molar-refractivity contribution in [3.63, 3.8) is 0 Å². The lowest BCUT2D eigenvalue weighted by Gasteiger charge is -2.13. The summed E-state index contributed by atoms with van der Waals surface area (Å²) in [5.41, 5.74) is 8.10. The second kappa shape index (κ2) is 5.50. The Morgan fingerprint density at radius 1 is 1.19 bits per heavy atom. The van der Waals surface area contributed by atoms with Crippen LogP contribution < -0.4 is 11.1 Å². The number of aromatic nitrogens is 1. The Labute approximate surface area is 134 Å². The molecule has 0 aliphatic heterocycles. The van der Waals surface area contributed by atoms with E-state index in [2.05, 4.69) is 26.2 Å². The fraction of sp³-hybridized carbons (Fsp3) is 0. The van der Waals surface area contributed by atoms with Crippen LogP contribution in [0.15, 0.2) is 47.1 Å². The molecule has 0 aliphatic carbocycles. The minimum atomic E-state index is -0.443. The Balaban J connectivity index is 2.15. The Kier molecular flexibility index (Phi) is 3.69. The predicted octanol–water partition coefficient (Wildman–Crippen LogP) is 5.12. The maximum Gasteiger partial charge on any atom is 0.148 e. The van der Waals surface area contributed by atoms with E-state index in [9.17, 15) is 4.39 Å². The van der Waals surface area contributed by atoms with Gasteiger partial charge < -0.3 is 11.1 Å². The van der Waals surface area contributed by atoms with Crippen LogP contribution in [0.3, 0.4) is 0 Å². The SMILES string of the molecule is Nc1cnc2ccc(Br)cc2c1Nc1ccc(Cl)cc1F. The van der Waals surface area contributed by atoms with Gasteiger partial charge in [0.15, 0.2) is 0 Å². The summed E-state index contributed by atoms with van der Waals surface area (Å²) in [6, 6.07) is 10.1. The lowest BCUT2D eigenvalue weighted by molar-refractivity contribution is 0.632. The summed E-state index contributed by atoms with van der Waals surface area (Å²) in [7, 11) is 0.